The van der Waals surface area contributed by atoms with E-state index in [2.05, 4.69) is 10.3 Å². The van der Waals surface area contributed by atoms with Crippen LogP contribution >= 0.6 is 0 Å². The summed E-state index contributed by atoms with van der Waals surface area (Å²) >= 11 is 0. The molecule has 3 atom stereocenters. The first kappa shape index (κ1) is 15.7. The summed E-state index contributed by atoms with van der Waals surface area (Å²) in [5, 5.41) is 22.1. The molecular formula is C15H22N4O4. The molecule has 1 fully saturated rings. The summed E-state index contributed by atoms with van der Waals surface area (Å²) in [5.41, 5.74) is 7.33. The van der Waals surface area contributed by atoms with E-state index in [-0.39, 0.29) is 5.92 Å². The zero-order valence-corrected chi connectivity index (χ0v) is 13.2. The highest BCUT2D eigenvalue weighted by molar-refractivity contribution is 5.74. The van der Waals surface area contributed by atoms with Crippen LogP contribution < -0.4 is 20.7 Å². The maximum Gasteiger partial charge on any atom is 0.405 e. The van der Waals surface area contributed by atoms with Crippen molar-refractivity contribution in [2.75, 3.05) is 30.3 Å². The summed E-state index contributed by atoms with van der Waals surface area (Å²) in [6, 6.07) is -0.616. The number of nitrogens with zero attached hydrogens (tertiary/aromatic N) is 2. The fraction of sp³-hybridized carbons (Fsp3) is 0.600. The SMILES string of the molecule is C[C@H]1CN(c2c(N)cnc3c2CCO3)C[C@@H](NC(=O)O)[C@]1(C)O. The number of pyridine rings is 1. The van der Waals surface area contributed by atoms with Crippen molar-refractivity contribution in [1.29, 1.82) is 0 Å². The number of ether oxygens (including phenoxy) is 1. The fourth-order valence-electron chi connectivity index (χ4n) is 3.38. The second-order valence-electron chi connectivity index (χ2n) is 6.48. The van der Waals surface area contributed by atoms with E-state index in [0.717, 1.165) is 17.7 Å². The van der Waals surface area contributed by atoms with E-state index < -0.39 is 17.7 Å². The summed E-state index contributed by atoms with van der Waals surface area (Å²) in [4.78, 5) is 17.3. The van der Waals surface area contributed by atoms with Crippen molar-refractivity contribution in [3.63, 3.8) is 0 Å². The van der Waals surface area contributed by atoms with Gasteiger partial charge in [-0.2, -0.15) is 0 Å². The Morgan fingerprint density at radius 2 is 2.30 bits per heavy atom. The molecule has 3 rings (SSSR count). The van der Waals surface area contributed by atoms with E-state index in [1.54, 1.807) is 13.1 Å². The van der Waals surface area contributed by atoms with Gasteiger partial charge in [-0.1, -0.05) is 6.92 Å². The van der Waals surface area contributed by atoms with Crippen molar-refractivity contribution in [3.05, 3.63) is 11.8 Å². The van der Waals surface area contributed by atoms with Gasteiger partial charge in [0.1, 0.15) is 0 Å². The lowest BCUT2D eigenvalue weighted by Crippen LogP contribution is -2.65. The van der Waals surface area contributed by atoms with Crippen LogP contribution in [0.1, 0.15) is 19.4 Å². The van der Waals surface area contributed by atoms with Crippen molar-refractivity contribution in [3.8, 4) is 5.88 Å². The Kier molecular flexibility index (Phi) is 3.71. The molecule has 5 N–H and O–H groups in total. The molecular weight excluding hydrogens is 300 g/mol. The number of fused-ring (bicyclic) bond motifs is 1. The maximum absolute atomic E-state index is 11.1. The molecule has 0 aromatic carbocycles. The van der Waals surface area contributed by atoms with Crippen LogP contribution in [0.25, 0.3) is 0 Å². The van der Waals surface area contributed by atoms with Crippen LogP contribution in [0.2, 0.25) is 0 Å². The van der Waals surface area contributed by atoms with E-state index in [1.807, 2.05) is 11.8 Å². The molecule has 23 heavy (non-hydrogen) atoms. The minimum atomic E-state index is -1.15. The second kappa shape index (κ2) is 5.45. The lowest BCUT2D eigenvalue weighted by Gasteiger charge is -2.48. The normalized spacial score (nSPS) is 29.8. The molecule has 0 unspecified atom stereocenters. The molecule has 0 spiro atoms. The molecule has 2 aliphatic heterocycles. The van der Waals surface area contributed by atoms with Crippen molar-refractivity contribution < 1.29 is 19.7 Å². The number of carbonyl (C=O) groups is 1. The van der Waals surface area contributed by atoms with E-state index in [9.17, 15) is 9.90 Å². The lowest BCUT2D eigenvalue weighted by molar-refractivity contribution is -0.0355. The first-order valence-electron chi connectivity index (χ1n) is 7.67. The highest BCUT2D eigenvalue weighted by atomic mass is 16.5. The average molecular weight is 322 g/mol. The zero-order chi connectivity index (χ0) is 16.8. The lowest BCUT2D eigenvalue weighted by atomic mass is 9.79. The van der Waals surface area contributed by atoms with Crippen LogP contribution in [0, 0.1) is 5.92 Å². The number of rotatable bonds is 2. The summed E-state index contributed by atoms with van der Waals surface area (Å²) < 4.78 is 5.49. The Morgan fingerprint density at radius 1 is 1.57 bits per heavy atom. The number of hydrogen-bond donors (Lipinski definition) is 4. The van der Waals surface area contributed by atoms with Crippen LogP contribution in [0.5, 0.6) is 5.88 Å². The molecule has 1 aromatic rings. The smallest absolute Gasteiger partial charge is 0.405 e. The molecule has 0 radical (unpaired) electrons. The van der Waals surface area contributed by atoms with Crippen molar-refractivity contribution >= 4 is 17.5 Å². The molecule has 2 aliphatic rings. The van der Waals surface area contributed by atoms with Gasteiger partial charge < -0.3 is 30.9 Å². The van der Waals surface area contributed by atoms with Crippen LogP contribution in [-0.2, 0) is 6.42 Å². The van der Waals surface area contributed by atoms with E-state index in [1.165, 1.54) is 0 Å². The third kappa shape index (κ3) is 2.63. The third-order valence-electron chi connectivity index (χ3n) is 4.94. The molecule has 8 nitrogen and oxygen atoms in total. The number of piperidine rings is 1. The van der Waals surface area contributed by atoms with Gasteiger partial charge in [0, 0.05) is 31.0 Å². The predicted molar refractivity (Wildman–Crippen MR) is 84.8 cm³/mol. The second-order valence-corrected chi connectivity index (χ2v) is 6.48. The number of amides is 1. The van der Waals surface area contributed by atoms with Crippen LogP contribution in [-0.4, -0.2) is 52.6 Å². The number of carboxylic acid groups (broad SMARTS) is 1. The largest absolute Gasteiger partial charge is 0.477 e. The van der Waals surface area contributed by atoms with Gasteiger partial charge >= 0.3 is 6.09 Å². The van der Waals surface area contributed by atoms with Crippen LogP contribution in [0.15, 0.2) is 6.20 Å². The van der Waals surface area contributed by atoms with Gasteiger partial charge in [0.15, 0.2) is 0 Å². The van der Waals surface area contributed by atoms with Crippen molar-refractivity contribution in [1.82, 2.24) is 10.3 Å². The molecule has 8 heteroatoms. The topological polar surface area (TPSA) is 121 Å². The van der Waals surface area contributed by atoms with Gasteiger partial charge in [0.05, 0.1) is 35.8 Å². The third-order valence-corrected chi connectivity index (χ3v) is 4.94. The summed E-state index contributed by atoms with van der Waals surface area (Å²) in [7, 11) is 0. The standard InChI is InChI=1S/C15H22N4O4/c1-8-6-19(7-11(15(8,2)22)18-14(20)21)12-9-3-4-23-13(9)17-5-10(12)16/h5,8,11,18,22H,3-4,6-7,16H2,1-2H3,(H,20,21)/t8-,11+,15+/m0/s1. The Hall–Kier alpha value is -2.22. The van der Waals surface area contributed by atoms with Crippen molar-refractivity contribution in [2.45, 2.75) is 31.9 Å². The Balaban J connectivity index is 1.96. The number of aromatic nitrogens is 1. The molecule has 0 bridgehead atoms. The molecule has 3 heterocycles. The Labute approximate surface area is 134 Å². The van der Waals surface area contributed by atoms with Crippen LogP contribution in [0.4, 0.5) is 16.2 Å². The summed E-state index contributed by atoms with van der Waals surface area (Å²) in [6.45, 7) is 5.04. The van der Waals surface area contributed by atoms with Gasteiger partial charge in [0.25, 0.3) is 0 Å². The van der Waals surface area contributed by atoms with Gasteiger partial charge in [0.2, 0.25) is 5.88 Å². The number of anilines is 2. The number of nitrogens with one attached hydrogen (secondary N) is 1. The van der Waals surface area contributed by atoms with E-state index in [0.29, 0.717) is 31.3 Å². The number of nitrogens with two attached hydrogens (primary N) is 1. The Morgan fingerprint density at radius 3 is 3.00 bits per heavy atom. The highest BCUT2D eigenvalue weighted by Gasteiger charge is 2.45. The predicted octanol–water partition coefficient (Wildman–Crippen LogP) is 0.442. The first-order valence-corrected chi connectivity index (χ1v) is 7.67. The van der Waals surface area contributed by atoms with Crippen LogP contribution in [0.3, 0.4) is 0 Å². The number of hydrogen-bond acceptors (Lipinski definition) is 6. The molecule has 1 saturated heterocycles. The number of aliphatic hydroxyl groups is 1. The monoisotopic (exact) mass is 322 g/mol. The molecule has 1 amide bonds. The Bertz CT molecular complexity index is 634. The number of nitrogen functional groups attached to an aromatic ring is 1. The summed E-state index contributed by atoms with van der Waals surface area (Å²) in [5.74, 6) is 0.445. The van der Waals surface area contributed by atoms with Gasteiger partial charge in [-0.15, -0.1) is 0 Å². The molecule has 0 aliphatic carbocycles. The molecule has 1 aromatic heterocycles. The van der Waals surface area contributed by atoms with Crippen molar-refractivity contribution in [2.24, 2.45) is 5.92 Å². The maximum atomic E-state index is 11.1. The molecule has 126 valence electrons. The fourth-order valence-corrected chi connectivity index (χ4v) is 3.38. The average Bonchev–Trinajstić information content (AvgIpc) is 2.92. The summed E-state index contributed by atoms with van der Waals surface area (Å²) in [6.07, 6.45) is 1.14. The quantitative estimate of drug-likeness (QED) is 0.623. The zero-order valence-electron chi connectivity index (χ0n) is 13.2. The van der Waals surface area contributed by atoms with E-state index >= 15 is 0 Å². The minimum Gasteiger partial charge on any atom is -0.477 e. The van der Waals surface area contributed by atoms with Gasteiger partial charge in [-0.25, -0.2) is 9.78 Å². The highest BCUT2D eigenvalue weighted by Crippen LogP contribution is 2.40. The van der Waals surface area contributed by atoms with Gasteiger partial charge in [-0.05, 0) is 6.92 Å². The van der Waals surface area contributed by atoms with E-state index in [4.69, 9.17) is 15.6 Å². The molecule has 0 saturated carbocycles. The first-order chi connectivity index (χ1) is 10.8. The minimum absolute atomic E-state index is 0.140. The van der Waals surface area contributed by atoms with Gasteiger partial charge in [-0.3, -0.25) is 0 Å².